The van der Waals surface area contributed by atoms with E-state index in [1.165, 1.54) is 31.3 Å². The number of carboxylic acids is 1. The molecular weight excluding hydrogens is 687 g/mol. The Morgan fingerprint density at radius 1 is 0.745 bits per heavy atom. The molecule has 7 nitrogen and oxygen atoms in total. The summed E-state index contributed by atoms with van der Waals surface area (Å²) in [6.07, 6.45) is 16.9. The van der Waals surface area contributed by atoms with Crippen LogP contribution in [0.25, 0.3) is 0 Å². The smallest absolute Gasteiger partial charge is 0.303 e. The van der Waals surface area contributed by atoms with Gasteiger partial charge in [-0.3, -0.25) is 4.79 Å². The van der Waals surface area contributed by atoms with Gasteiger partial charge in [0, 0.05) is 24.9 Å². The van der Waals surface area contributed by atoms with E-state index >= 15 is 0 Å². The van der Waals surface area contributed by atoms with Gasteiger partial charge in [-0.1, -0.05) is 41.5 Å². The number of aliphatic hydroxyl groups excluding tert-OH is 4. The van der Waals surface area contributed by atoms with Gasteiger partial charge in [-0.25, -0.2) is 0 Å². The number of carbonyl (C=O) groups is 1. The zero-order valence-electron chi connectivity index (χ0n) is 35.2. The lowest BCUT2D eigenvalue weighted by molar-refractivity contribution is -0.203. The molecule has 21 atom stereocenters. The molecule has 9 aliphatic rings. The Morgan fingerprint density at radius 2 is 1.35 bits per heavy atom. The van der Waals surface area contributed by atoms with E-state index in [1.807, 2.05) is 0 Å². The zero-order chi connectivity index (χ0) is 39.0. The highest BCUT2D eigenvalue weighted by atomic mass is 16.4. The highest BCUT2D eigenvalue weighted by Crippen LogP contribution is 2.71. The predicted octanol–water partition coefficient (Wildman–Crippen LogP) is 8.90. The summed E-state index contributed by atoms with van der Waals surface area (Å²) < 4.78 is 0. The Labute approximate surface area is 332 Å². The molecular formula is C48H77NO6. The number of rotatable bonds is 6. The molecule has 0 aliphatic heterocycles. The van der Waals surface area contributed by atoms with Gasteiger partial charge in [-0.2, -0.15) is 0 Å². The summed E-state index contributed by atoms with van der Waals surface area (Å²) in [5.74, 6) is 4.88. The Hall–Kier alpha value is -1.15. The summed E-state index contributed by atoms with van der Waals surface area (Å²) >= 11 is 0. The molecule has 0 bridgehead atoms. The van der Waals surface area contributed by atoms with Crippen molar-refractivity contribution in [2.75, 3.05) is 0 Å². The summed E-state index contributed by atoms with van der Waals surface area (Å²) in [7, 11) is 0. The van der Waals surface area contributed by atoms with E-state index in [4.69, 9.17) is 0 Å². The molecule has 9 rings (SSSR count). The summed E-state index contributed by atoms with van der Waals surface area (Å²) in [6.45, 7) is 14.5. The molecule has 9 aliphatic carbocycles. The Morgan fingerprint density at radius 3 is 1.98 bits per heavy atom. The molecule has 0 spiro atoms. The first-order valence-electron chi connectivity index (χ1n) is 23.4. The predicted molar refractivity (Wildman–Crippen MR) is 215 cm³/mol. The van der Waals surface area contributed by atoms with E-state index in [2.05, 4.69) is 46.9 Å². The summed E-state index contributed by atoms with van der Waals surface area (Å²) in [5, 5.41) is 60.8. The van der Waals surface area contributed by atoms with Gasteiger partial charge in [0.15, 0.2) is 0 Å². The third-order valence-electron chi connectivity index (χ3n) is 21.3. The third-order valence-corrected chi connectivity index (χ3v) is 21.3. The standard InChI is InChI=1S/C48H77NO6/c1-25(8-12-41(54)55)32-9-10-34-43-36(24-40(53)48(32,34)6)46(4)17-14-30(20-28(46)22-39(43)52)49-29-13-16-45(3)27(19-29)21-38(51)42-33(45)15-18-47(5)35(42)23-31-37(50)11-7-26(2)44(31)47/h25-30,32-36,38-40,42-44,49-53H,7-24H2,1-6H3,(H,54,55)/t25?,26?,27?,28?,29?,30?,32?,33?,34?,35?,36?,38-,39-,40+,42?,43?,44?,45+,46+,47+,48-/m1/s1. The van der Waals surface area contributed by atoms with Crippen LogP contribution in [0, 0.1) is 92.7 Å². The normalized spacial score (nSPS) is 56.2. The molecule has 0 saturated heterocycles. The summed E-state index contributed by atoms with van der Waals surface area (Å²) in [6, 6.07) is 0.946. The van der Waals surface area contributed by atoms with Crippen LogP contribution in [0.3, 0.4) is 0 Å². The van der Waals surface area contributed by atoms with Gasteiger partial charge in [-0.15, -0.1) is 0 Å². The van der Waals surface area contributed by atoms with Crippen LogP contribution in [0.15, 0.2) is 11.3 Å². The minimum atomic E-state index is -0.737. The molecule has 0 amide bonds. The monoisotopic (exact) mass is 764 g/mol. The van der Waals surface area contributed by atoms with Crippen LogP contribution in [0.1, 0.15) is 157 Å². The minimum absolute atomic E-state index is 0.128. The number of nitrogens with one attached hydrogen (secondary N) is 1. The van der Waals surface area contributed by atoms with E-state index in [9.17, 15) is 30.3 Å². The lowest BCUT2D eigenvalue weighted by Gasteiger charge is -2.64. The summed E-state index contributed by atoms with van der Waals surface area (Å²) in [4.78, 5) is 11.4. The quantitative estimate of drug-likeness (QED) is 0.159. The van der Waals surface area contributed by atoms with E-state index < -0.39 is 12.1 Å². The van der Waals surface area contributed by atoms with E-state index in [0.717, 1.165) is 77.0 Å². The van der Waals surface area contributed by atoms with Crippen LogP contribution < -0.4 is 5.32 Å². The fourth-order valence-corrected chi connectivity index (χ4v) is 18.4. The van der Waals surface area contributed by atoms with Gasteiger partial charge in [0.1, 0.15) is 0 Å². The van der Waals surface area contributed by atoms with Crippen LogP contribution in [-0.2, 0) is 4.79 Å². The molecule has 0 heterocycles. The maximum atomic E-state index is 12.1. The maximum Gasteiger partial charge on any atom is 0.303 e. The maximum absolute atomic E-state index is 12.1. The molecule has 0 aromatic carbocycles. The number of hydrogen-bond donors (Lipinski definition) is 6. The zero-order valence-corrected chi connectivity index (χ0v) is 35.2. The first-order chi connectivity index (χ1) is 26.0. The van der Waals surface area contributed by atoms with Gasteiger partial charge in [0.05, 0.1) is 24.1 Å². The molecule has 0 aromatic rings. The van der Waals surface area contributed by atoms with Crippen molar-refractivity contribution in [2.45, 2.75) is 188 Å². The van der Waals surface area contributed by atoms with E-state index in [-0.39, 0.29) is 52.1 Å². The molecule has 0 aromatic heterocycles. The number of aliphatic hydroxyl groups is 4. The molecule has 6 N–H and O–H groups in total. The lowest BCUT2D eigenvalue weighted by atomic mass is 9.43. The molecule has 8 saturated carbocycles. The molecule has 14 unspecified atom stereocenters. The molecule has 0 radical (unpaired) electrons. The largest absolute Gasteiger partial charge is 0.512 e. The van der Waals surface area contributed by atoms with Crippen LogP contribution >= 0.6 is 0 Å². The van der Waals surface area contributed by atoms with Crippen molar-refractivity contribution in [3.8, 4) is 0 Å². The van der Waals surface area contributed by atoms with E-state index in [1.54, 1.807) is 0 Å². The van der Waals surface area contributed by atoms with Crippen LogP contribution in [0.2, 0.25) is 0 Å². The second kappa shape index (κ2) is 13.7. The average Bonchev–Trinajstić information content (AvgIpc) is 3.66. The Bertz CT molecular complexity index is 1530. The first-order valence-corrected chi connectivity index (χ1v) is 23.4. The van der Waals surface area contributed by atoms with Crippen molar-refractivity contribution in [1.82, 2.24) is 5.32 Å². The highest BCUT2D eigenvalue weighted by Gasteiger charge is 2.67. The van der Waals surface area contributed by atoms with Crippen molar-refractivity contribution in [3.05, 3.63) is 11.3 Å². The van der Waals surface area contributed by atoms with Gasteiger partial charge < -0.3 is 30.8 Å². The van der Waals surface area contributed by atoms with Gasteiger partial charge in [0.2, 0.25) is 0 Å². The Kier molecular flexibility index (Phi) is 9.79. The Balaban J connectivity index is 0.851. The van der Waals surface area contributed by atoms with Crippen molar-refractivity contribution in [1.29, 1.82) is 0 Å². The lowest BCUT2D eigenvalue weighted by Crippen LogP contribution is -2.63. The number of carboxylic acid groups (broad SMARTS) is 1. The SMILES string of the molecule is CC1CCC(O)=C2CC3C4C(CC[C@]3(C)C21)[C@@]1(C)CCC(NC2CC[C@@]3(C)C(C2)C[C@@H](O)C2C3C[C@H](O)[C@]3(C)C(C(C)CCC(=O)O)CCC23)CC1C[C@H]4O. The van der Waals surface area contributed by atoms with Gasteiger partial charge in [-0.05, 0) is 201 Å². The highest BCUT2D eigenvalue weighted by molar-refractivity contribution is 5.66. The van der Waals surface area contributed by atoms with Crippen LogP contribution in [0.4, 0.5) is 0 Å². The van der Waals surface area contributed by atoms with Crippen molar-refractivity contribution < 1.29 is 30.3 Å². The third kappa shape index (κ3) is 5.77. The van der Waals surface area contributed by atoms with Crippen molar-refractivity contribution in [3.63, 3.8) is 0 Å². The van der Waals surface area contributed by atoms with Crippen LogP contribution in [-0.4, -0.2) is 61.9 Å². The van der Waals surface area contributed by atoms with Gasteiger partial charge >= 0.3 is 5.97 Å². The number of hydrogen-bond acceptors (Lipinski definition) is 6. The van der Waals surface area contributed by atoms with E-state index in [0.29, 0.717) is 83.4 Å². The van der Waals surface area contributed by atoms with Crippen molar-refractivity contribution in [2.24, 2.45) is 92.7 Å². The second-order valence-electron chi connectivity index (χ2n) is 23.1. The summed E-state index contributed by atoms with van der Waals surface area (Å²) in [5.41, 5.74) is 1.70. The molecule has 8 fully saturated rings. The van der Waals surface area contributed by atoms with Crippen molar-refractivity contribution >= 4 is 5.97 Å². The van der Waals surface area contributed by atoms with Gasteiger partial charge in [0.25, 0.3) is 0 Å². The number of aliphatic carboxylic acids is 1. The molecule has 55 heavy (non-hydrogen) atoms. The second-order valence-corrected chi connectivity index (χ2v) is 23.1. The first kappa shape index (κ1) is 39.3. The topological polar surface area (TPSA) is 130 Å². The van der Waals surface area contributed by atoms with Crippen LogP contribution in [0.5, 0.6) is 0 Å². The fourth-order valence-electron chi connectivity index (χ4n) is 18.4. The number of fused-ring (bicyclic) bond motifs is 12. The molecule has 7 heteroatoms. The minimum Gasteiger partial charge on any atom is -0.512 e. The molecule has 310 valence electrons. The fraction of sp³-hybridized carbons (Fsp3) is 0.938. The average molecular weight is 764 g/mol. The number of allylic oxidation sites excluding steroid dienone is 2.